The van der Waals surface area contributed by atoms with E-state index in [0.29, 0.717) is 6.61 Å². The Labute approximate surface area is 117 Å². The van der Waals surface area contributed by atoms with E-state index in [1.165, 1.54) is 0 Å². The van der Waals surface area contributed by atoms with Gasteiger partial charge in [0.2, 0.25) is 0 Å². The molecule has 1 aromatic rings. The molecule has 100 valence electrons. The smallest absolute Gasteiger partial charge is 0.119 e. The van der Waals surface area contributed by atoms with Crippen LogP contribution in [-0.4, -0.2) is 12.4 Å². The summed E-state index contributed by atoms with van der Waals surface area (Å²) in [6.45, 7) is 8.56. The zero-order chi connectivity index (χ0) is 13.9. The minimum absolute atomic E-state index is 0.203. The third-order valence-corrected chi connectivity index (χ3v) is 4.39. The number of amidine groups is 1. The van der Waals surface area contributed by atoms with Crippen molar-refractivity contribution < 1.29 is 4.74 Å². The van der Waals surface area contributed by atoms with E-state index < -0.39 is 0 Å². The van der Waals surface area contributed by atoms with Crippen molar-refractivity contribution in [1.29, 1.82) is 5.41 Å². The van der Waals surface area contributed by atoms with Gasteiger partial charge in [0.25, 0.3) is 0 Å². The number of halogens is 1. The fourth-order valence-electron chi connectivity index (χ4n) is 1.55. The van der Waals surface area contributed by atoms with Crippen LogP contribution in [0.4, 0.5) is 0 Å². The van der Waals surface area contributed by atoms with E-state index in [-0.39, 0.29) is 11.3 Å². The second-order valence-corrected chi connectivity index (χ2v) is 6.06. The summed E-state index contributed by atoms with van der Waals surface area (Å²) in [5.74, 6) is 1.07. The lowest BCUT2D eigenvalue weighted by Crippen LogP contribution is -2.32. The van der Waals surface area contributed by atoms with Crippen LogP contribution in [0.25, 0.3) is 0 Å². The predicted molar refractivity (Wildman–Crippen MR) is 79.4 cm³/mol. The molecule has 1 aromatic carbocycles. The molecule has 0 spiro atoms. The zero-order valence-electron chi connectivity index (χ0n) is 11.4. The van der Waals surface area contributed by atoms with Gasteiger partial charge in [-0.15, -0.1) is 0 Å². The van der Waals surface area contributed by atoms with Crippen molar-refractivity contribution in [2.75, 3.05) is 6.61 Å². The van der Waals surface area contributed by atoms with Crippen molar-refractivity contribution in [2.24, 2.45) is 11.1 Å². The summed E-state index contributed by atoms with van der Waals surface area (Å²) in [5, 5.41) is 7.49. The Hall–Kier alpha value is -1.03. The Morgan fingerprint density at radius 3 is 2.28 bits per heavy atom. The maximum absolute atomic E-state index is 7.49. The molecule has 0 aliphatic heterocycles. The van der Waals surface area contributed by atoms with Gasteiger partial charge in [-0.25, -0.2) is 0 Å². The van der Waals surface area contributed by atoms with Gasteiger partial charge in [0.15, 0.2) is 0 Å². The number of benzene rings is 1. The number of ether oxygens (including phenoxy) is 1. The van der Waals surface area contributed by atoms with E-state index in [9.17, 15) is 0 Å². The topological polar surface area (TPSA) is 59.1 Å². The SMILES string of the molecule is Cc1cc(OCCC(C)(C)C(=N)N)cc(C)c1Br. The third kappa shape index (κ3) is 3.73. The van der Waals surface area contributed by atoms with Crippen molar-refractivity contribution in [3.8, 4) is 5.75 Å². The molecule has 0 bridgehead atoms. The standard InChI is InChI=1S/C14H21BrN2O/c1-9-7-11(8-10(2)12(9)15)18-6-5-14(3,4)13(16)17/h7-8H,5-6H2,1-4H3,(H3,16,17). The first-order valence-electron chi connectivity index (χ1n) is 5.98. The van der Waals surface area contributed by atoms with Gasteiger partial charge in [-0.05, 0) is 43.5 Å². The molecule has 0 radical (unpaired) electrons. The van der Waals surface area contributed by atoms with Gasteiger partial charge in [-0.2, -0.15) is 0 Å². The molecule has 4 heteroatoms. The van der Waals surface area contributed by atoms with Gasteiger partial charge in [0.05, 0.1) is 12.4 Å². The Kier molecular flexibility index (Phi) is 4.79. The van der Waals surface area contributed by atoms with Gasteiger partial charge in [-0.3, -0.25) is 5.41 Å². The van der Waals surface area contributed by atoms with Crippen LogP contribution in [0.5, 0.6) is 5.75 Å². The molecule has 0 fully saturated rings. The number of rotatable bonds is 5. The van der Waals surface area contributed by atoms with Crippen LogP contribution in [0.1, 0.15) is 31.4 Å². The van der Waals surface area contributed by atoms with Crippen LogP contribution < -0.4 is 10.5 Å². The van der Waals surface area contributed by atoms with E-state index in [0.717, 1.165) is 27.8 Å². The van der Waals surface area contributed by atoms with E-state index in [2.05, 4.69) is 15.9 Å². The number of nitrogens with one attached hydrogen (secondary N) is 1. The lowest BCUT2D eigenvalue weighted by Gasteiger charge is -2.22. The van der Waals surface area contributed by atoms with Crippen LogP contribution >= 0.6 is 15.9 Å². The predicted octanol–water partition coefficient (Wildman–Crippen LogP) is 3.80. The average molecular weight is 313 g/mol. The van der Waals surface area contributed by atoms with Crippen LogP contribution in [0.15, 0.2) is 16.6 Å². The number of hydrogen-bond donors (Lipinski definition) is 2. The average Bonchev–Trinajstić information content (AvgIpc) is 2.25. The first-order valence-corrected chi connectivity index (χ1v) is 6.77. The number of nitrogens with two attached hydrogens (primary N) is 1. The molecule has 0 saturated carbocycles. The lowest BCUT2D eigenvalue weighted by molar-refractivity contribution is 0.268. The summed E-state index contributed by atoms with van der Waals surface area (Å²) >= 11 is 3.53. The van der Waals surface area contributed by atoms with Gasteiger partial charge in [0.1, 0.15) is 5.75 Å². The number of hydrogen-bond acceptors (Lipinski definition) is 2. The number of aryl methyl sites for hydroxylation is 2. The van der Waals surface area contributed by atoms with Crippen LogP contribution in [0.3, 0.4) is 0 Å². The van der Waals surface area contributed by atoms with Crippen molar-refractivity contribution in [2.45, 2.75) is 34.1 Å². The van der Waals surface area contributed by atoms with Crippen molar-refractivity contribution in [3.05, 3.63) is 27.7 Å². The van der Waals surface area contributed by atoms with Gasteiger partial charge in [0, 0.05) is 9.89 Å². The molecule has 0 unspecified atom stereocenters. The maximum Gasteiger partial charge on any atom is 0.119 e. The maximum atomic E-state index is 7.49. The second-order valence-electron chi connectivity index (χ2n) is 5.27. The van der Waals surface area contributed by atoms with Crippen LogP contribution in [0, 0.1) is 24.7 Å². The van der Waals surface area contributed by atoms with E-state index in [4.69, 9.17) is 15.9 Å². The zero-order valence-corrected chi connectivity index (χ0v) is 13.0. The Morgan fingerprint density at radius 1 is 1.33 bits per heavy atom. The van der Waals surface area contributed by atoms with E-state index in [1.54, 1.807) is 0 Å². The van der Waals surface area contributed by atoms with Crippen LogP contribution in [0.2, 0.25) is 0 Å². The minimum Gasteiger partial charge on any atom is -0.494 e. The molecular formula is C14H21BrN2O. The van der Waals surface area contributed by atoms with Crippen molar-refractivity contribution in [1.82, 2.24) is 0 Å². The first-order chi connectivity index (χ1) is 8.24. The molecule has 0 saturated heterocycles. The molecule has 0 amide bonds. The summed E-state index contributed by atoms with van der Waals surface area (Å²) in [4.78, 5) is 0. The van der Waals surface area contributed by atoms with Gasteiger partial charge < -0.3 is 10.5 Å². The largest absolute Gasteiger partial charge is 0.494 e. The monoisotopic (exact) mass is 312 g/mol. The summed E-state index contributed by atoms with van der Waals surface area (Å²) in [6, 6.07) is 4.02. The molecule has 3 nitrogen and oxygen atoms in total. The van der Waals surface area contributed by atoms with Crippen molar-refractivity contribution in [3.63, 3.8) is 0 Å². The first kappa shape index (κ1) is 15.0. The molecular weight excluding hydrogens is 292 g/mol. The Bertz CT molecular complexity index is 432. The second kappa shape index (κ2) is 5.74. The molecule has 0 heterocycles. The Morgan fingerprint density at radius 2 is 1.83 bits per heavy atom. The highest BCUT2D eigenvalue weighted by atomic mass is 79.9. The fraction of sp³-hybridized carbons (Fsp3) is 0.500. The van der Waals surface area contributed by atoms with E-state index in [1.807, 2.05) is 39.8 Å². The molecule has 1 rings (SSSR count). The molecule has 0 aliphatic carbocycles. The molecule has 3 N–H and O–H groups in total. The highest BCUT2D eigenvalue weighted by Crippen LogP contribution is 2.27. The van der Waals surface area contributed by atoms with E-state index >= 15 is 0 Å². The normalized spacial score (nSPS) is 11.4. The summed E-state index contributed by atoms with van der Waals surface area (Å²) in [6.07, 6.45) is 0.733. The quantitative estimate of drug-likeness (QED) is 0.642. The minimum atomic E-state index is -0.306. The fourth-order valence-corrected chi connectivity index (χ4v) is 1.78. The van der Waals surface area contributed by atoms with Crippen molar-refractivity contribution >= 4 is 21.8 Å². The molecule has 0 aromatic heterocycles. The summed E-state index contributed by atoms with van der Waals surface area (Å²) in [5.41, 5.74) is 7.56. The highest BCUT2D eigenvalue weighted by molar-refractivity contribution is 9.10. The van der Waals surface area contributed by atoms with Gasteiger partial charge >= 0.3 is 0 Å². The Balaban J connectivity index is 2.63. The summed E-state index contributed by atoms with van der Waals surface area (Å²) < 4.78 is 6.86. The molecule has 18 heavy (non-hydrogen) atoms. The van der Waals surface area contributed by atoms with Crippen LogP contribution in [-0.2, 0) is 0 Å². The molecule has 0 atom stereocenters. The third-order valence-electron chi connectivity index (χ3n) is 3.13. The highest BCUT2D eigenvalue weighted by Gasteiger charge is 2.21. The molecule has 0 aliphatic rings. The summed E-state index contributed by atoms with van der Waals surface area (Å²) in [7, 11) is 0. The van der Waals surface area contributed by atoms with Gasteiger partial charge in [-0.1, -0.05) is 29.8 Å². The lowest BCUT2D eigenvalue weighted by atomic mass is 9.88.